The molecule has 0 saturated carbocycles. The van der Waals surface area contributed by atoms with E-state index in [-0.39, 0.29) is 11.8 Å². The molecule has 0 spiro atoms. The number of nitrogens with zero attached hydrogens (tertiary/aromatic N) is 4. The second-order valence-electron chi connectivity index (χ2n) is 9.34. The van der Waals surface area contributed by atoms with Crippen LogP contribution < -0.4 is 15.4 Å². The van der Waals surface area contributed by atoms with Crippen LogP contribution in [0.1, 0.15) is 29.2 Å². The number of rotatable bonds is 4. The van der Waals surface area contributed by atoms with E-state index in [1.54, 1.807) is 18.3 Å². The highest BCUT2D eigenvalue weighted by molar-refractivity contribution is 5.93. The Morgan fingerprint density at radius 1 is 1.00 bits per heavy atom. The summed E-state index contributed by atoms with van der Waals surface area (Å²) in [6.07, 6.45) is 3.26. The van der Waals surface area contributed by atoms with Crippen LogP contribution >= 0.6 is 0 Å². The van der Waals surface area contributed by atoms with E-state index in [0.29, 0.717) is 26.1 Å². The van der Waals surface area contributed by atoms with Gasteiger partial charge in [-0.1, -0.05) is 30.3 Å². The molecular weight excluding hydrogens is 453 g/mol. The smallest absolute Gasteiger partial charge is 0.221 e. The molecule has 2 N–H and O–H groups in total. The van der Waals surface area contributed by atoms with Gasteiger partial charge in [-0.3, -0.25) is 4.99 Å². The Labute approximate surface area is 209 Å². The van der Waals surface area contributed by atoms with Crippen LogP contribution in [0.25, 0.3) is 11.1 Å². The fourth-order valence-electron chi connectivity index (χ4n) is 4.90. The van der Waals surface area contributed by atoms with Crippen molar-refractivity contribution in [1.82, 2.24) is 9.97 Å². The number of aliphatic imine (C=N–C) groups is 1. The summed E-state index contributed by atoms with van der Waals surface area (Å²) in [5.74, 6) is 1.62. The number of hydrogen-bond acceptors (Lipinski definition) is 6. The number of hydrogen-bond donors (Lipinski definition) is 1. The van der Waals surface area contributed by atoms with Gasteiger partial charge in [-0.05, 0) is 59.5 Å². The van der Waals surface area contributed by atoms with Gasteiger partial charge in [-0.15, -0.1) is 0 Å². The highest BCUT2D eigenvalue weighted by Gasteiger charge is 2.21. The SMILES string of the molecule is CC1=Nc2cc(-c3ccc4c(c3)CN(c3nc(N)ncc3Cc3ccc(F)cc3)CCO4)ccc2C1. The highest BCUT2D eigenvalue weighted by atomic mass is 19.1. The zero-order valence-corrected chi connectivity index (χ0v) is 20.0. The molecule has 6 rings (SSSR count). The van der Waals surface area contributed by atoms with Crippen LogP contribution in [0.5, 0.6) is 5.75 Å². The molecular formula is C29H26FN5O. The van der Waals surface area contributed by atoms with Gasteiger partial charge in [-0.25, -0.2) is 9.37 Å². The van der Waals surface area contributed by atoms with Gasteiger partial charge < -0.3 is 15.4 Å². The van der Waals surface area contributed by atoms with Crippen molar-refractivity contribution in [3.63, 3.8) is 0 Å². The minimum Gasteiger partial charge on any atom is -0.491 e. The molecule has 0 saturated heterocycles. The quantitative estimate of drug-likeness (QED) is 0.418. The molecule has 180 valence electrons. The Kier molecular flexibility index (Phi) is 5.60. The van der Waals surface area contributed by atoms with E-state index < -0.39 is 0 Å². The maximum absolute atomic E-state index is 13.4. The maximum Gasteiger partial charge on any atom is 0.221 e. The van der Waals surface area contributed by atoms with Gasteiger partial charge in [0.2, 0.25) is 5.95 Å². The van der Waals surface area contributed by atoms with Crippen LogP contribution in [0.15, 0.2) is 71.9 Å². The van der Waals surface area contributed by atoms with Gasteiger partial charge in [0.25, 0.3) is 0 Å². The van der Waals surface area contributed by atoms with Crippen LogP contribution in [0.4, 0.5) is 21.8 Å². The maximum atomic E-state index is 13.4. The number of halogens is 1. The van der Waals surface area contributed by atoms with Crippen molar-refractivity contribution in [2.45, 2.75) is 26.3 Å². The molecule has 0 fully saturated rings. The van der Waals surface area contributed by atoms with E-state index in [0.717, 1.165) is 57.2 Å². The van der Waals surface area contributed by atoms with Gasteiger partial charge >= 0.3 is 0 Å². The molecule has 1 aromatic heterocycles. The predicted octanol–water partition coefficient (Wildman–Crippen LogP) is 5.50. The van der Waals surface area contributed by atoms with Crippen molar-refractivity contribution in [1.29, 1.82) is 0 Å². The molecule has 0 radical (unpaired) electrons. The fourth-order valence-corrected chi connectivity index (χ4v) is 4.90. The van der Waals surface area contributed by atoms with E-state index in [2.05, 4.69) is 57.1 Å². The van der Waals surface area contributed by atoms with Gasteiger partial charge in [0.1, 0.15) is 24.0 Å². The molecule has 0 atom stereocenters. The number of nitrogen functional groups attached to an aromatic ring is 1. The third-order valence-corrected chi connectivity index (χ3v) is 6.68. The molecule has 0 aliphatic carbocycles. The molecule has 0 bridgehead atoms. The minimum atomic E-state index is -0.255. The largest absolute Gasteiger partial charge is 0.491 e. The third-order valence-electron chi connectivity index (χ3n) is 6.68. The summed E-state index contributed by atoms with van der Waals surface area (Å²) in [6.45, 7) is 3.87. The zero-order chi connectivity index (χ0) is 24.6. The van der Waals surface area contributed by atoms with Gasteiger partial charge in [0.05, 0.1) is 12.2 Å². The van der Waals surface area contributed by atoms with Crippen molar-refractivity contribution < 1.29 is 9.13 Å². The summed E-state index contributed by atoms with van der Waals surface area (Å²) in [4.78, 5) is 15.7. The fraction of sp³-hybridized carbons (Fsp3) is 0.207. The average Bonchev–Trinajstić information content (AvgIpc) is 3.12. The van der Waals surface area contributed by atoms with Crippen molar-refractivity contribution >= 4 is 23.2 Å². The minimum absolute atomic E-state index is 0.223. The molecule has 3 aromatic carbocycles. The summed E-state index contributed by atoms with van der Waals surface area (Å²) >= 11 is 0. The number of ether oxygens (including phenoxy) is 1. The van der Waals surface area contributed by atoms with Crippen LogP contribution in [-0.2, 0) is 19.4 Å². The molecule has 0 unspecified atom stereocenters. The number of fused-ring (bicyclic) bond motifs is 2. The van der Waals surface area contributed by atoms with Gasteiger partial charge in [0.15, 0.2) is 0 Å². The topological polar surface area (TPSA) is 76.6 Å². The first kappa shape index (κ1) is 22.2. The van der Waals surface area contributed by atoms with Crippen LogP contribution in [-0.4, -0.2) is 28.8 Å². The first-order valence-electron chi connectivity index (χ1n) is 12.1. The zero-order valence-electron chi connectivity index (χ0n) is 20.0. The van der Waals surface area contributed by atoms with Crippen molar-refractivity contribution in [3.05, 3.63) is 94.9 Å². The predicted molar refractivity (Wildman–Crippen MR) is 141 cm³/mol. The van der Waals surface area contributed by atoms with E-state index in [1.807, 2.05) is 6.07 Å². The normalized spacial score (nSPS) is 14.5. The third kappa shape index (κ3) is 4.40. The summed E-state index contributed by atoms with van der Waals surface area (Å²) in [5.41, 5.74) is 14.7. The number of benzene rings is 3. The van der Waals surface area contributed by atoms with Crippen molar-refractivity contribution in [3.8, 4) is 16.9 Å². The molecule has 36 heavy (non-hydrogen) atoms. The lowest BCUT2D eigenvalue weighted by atomic mass is 9.99. The Hall–Kier alpha value is -4.26. The molecule has 2 aliphatic rings. The monoisotopic (exact) mass is 479 g/mol. The second kappa shape index (κ2) is 9.07. The molecule has 3 heterocycles. The Balaban J connectivity index is 1.32. The number of aromatic nitrogens is 2. The Morgan fingerprint density at radius 3 is 2.67 bits per heavy atom. The lowest BCUT2D eigenvalue weighted by Gasteiger charge is -2.24. The standard InChI is InChI=1S/C29H26FN5O/c1-18-12-22-5-4-21(15-26(22)33-18)20-6-9-27-24(14-20)17-35(10-11-36-27)28-23(16-32-29(31)34-28)13-19-2-7-25(30)8-3-19/h2-9,14-16H,10-13,17H2,1H3,(H2,31,32,34). The van der Waals surface area contributed by atoms with Crippen molar-refractivity contribution in [2.75, 3.05) is 23.8 Å². The lowest BCUT2D eigenvalue weighted by Crippen LogP contribution is -2.28. The molecule has 7 heteroatoms. The van der Waals surface area contributed by atoms with Crippen molar-refractivity contribution in [2.24, 2.45) is 4.99 Å². The highest BCUT2D eigenvalue weighted by Crippen LogP contribution is 2.35. The van der Waals surface area contributed by atoms with E-state index in [1.165, 1.54) is 17.7 Å². The Bertz CT molecular complexity index is 1480. The summed E-state index contributed by atoms with van der Waals surface area (Å²) in [6, 6.07) is 19.3. The second-order valence-corrected chi connectivity index (χ2v) is 9.34. The van der Waals surface area contributed by atoms with E-state index in [4.69, 9.17) is 10.5 Å². The first-order chi connectivity index (χ1) is 17.5. The van der Waals surface area contributed by atoms with Crippen LogP contribution in [0.3, 0.4) is 0 Å². The molecule has 2 aliphatic heterocycles. The summed E-state index contributed by atoms with van der Waals surface area (Å²) in [7, 11) is 0. The summed E-state index contributed by atoms with van der Waals surface area (Å²) < 4.78 is 19.5. The molecule has 6 nitrogen and oxygen atoms in total. The average molecular weight is 480 g/mol. The lowest BCUT2D eigenvalue weighted by molar-refractivity contribution is 0.331. The number of anilines is 2. The van der Waals surface area contributed by atoms with Gasteiger partial charge in [-0.2, -0.15) is 4.98 Å². The molecule has 0 amide bonds. The first-order valence-corrected chi connectivity index (χ1v) is 12.1. The van der Waals surface area contributed by atoms with E-state index in [9.17, 15) is 4.39 Å². The van der Waals surface area contributed by atoms with Crippen LogP contribution in [0.2, 0.25) is 0 Å². The molecule has 4 aromatic rings. The number of nitrogens with two attached hydrogens (primary N) is 1. The van der Waals surface area contributed by atoms with Gasteiger partial charge in [0, 0.05) is 42.4 Å². The summed E-state index contributed by atoms with van der Waals surface area (Å²) in [5, 5.41) is 0. The van der Waals surface area contributed by atoms with E-state index >= 15 is 0 Å². The van der Waals surface area contributed by atoms with Crippen LogP contribution in [0, 0.1) is 5.82 Å². The Morgan fingerprint density at radius 2 is 1.81 bits per heavy atom.